The van der Waals surface area contributed by atoms with E-state index < -0.39 is 17.3 Å². The lowest BCUT2D eigenvalue weighted by Gasteiger charge is -2.15. The molecule has 1 heterocycles. The molecule has 7 heteroatoms. The van der Waals surface area contributed by atoms with Crippen molar-refractivity contribution in [2.75, 3.05) is 0 Å². The highest BCUT2D eigenvalue weighted by atomic mass is 19.4. The first-order chi connectivity index (χ1) is 9.88. The Hall–Kier alpha value is -1.89. The maximum Gasteiger partial charge on any atom is 0.416 e. The van der Waals surface area contributed by atoms with E-state index in [9.17, 15) is 18.3 Å². The lowest BCUT2D eigenvalue weighted by molar-refractivity contribution is -0.137. The van der Waals surface area contributed by atoms with E-state index in [1.165, 1.54) is 12.1 Å². The van der Waals surface area contributed by atoms with Gasteiger partial charge in [-0.3, -0.25) is 0 Å². The number of rotatable bonds is 2. The zero-order chi connectivity index (χ0) is 15.1. The minimum absolute atomic E-state index is 0.0522. The van der Waals surface area contributed by atoms with Crippen molar-refractivity contribution in [1.29, 1.82) is 0 Å². The number of aromatic nitrogens is 2. The molecule has 1 N–H and O–H groups in total. The number of halogens is 3. The molecule has 0 spiro atoms. The summed E-state index contributed by atoms with van der Waals surface area (Å²) in [6.07, 6.45) is -1.66. The number of alkyl halides is 3. The predicted octanol–water partition coefficient (Wildman–Crippen LogP) is 3.52. The SMILES string of the molecule is OC1(c2nc(-c3cccc(C(F)(F)F)c3)no2)CCCC1. The molecule has 2 aromatic rings. The highest BCUT2D eigenvalue weighted by Crippen LogP contribution is 2.38. The van der Waals surface area contributed by atoms with Crippen LogP contribution < -0.4 is 0 Å². The average molecular weight is 298 g/mol. The van der Waals surface area contributed by atoms with Crippen molar-refractivity contribution in [3.05, 3.63) is 35.7 Å². The zero-order valence-electron chi connectivity index (χ0n) is 11.0. The van der Waals surface area contributed by atoms with Crippen molar-refractivity contribution < 1.29 is 22.8 Å². The van der Waals surface area contributed by atoms with Gasteiger partial charge in [-0.1, -0.05) is 17.3 Å². The third-order valence-corrected chi connectivity index (χ3v) is 3.70. The summed E-state index contributed by atoms with van der Waals surface area (Å²) < 4.78 is 43.1. The third-order valence-electron chi connectivity index (χ3n) is 3.70. The lowest BCUT2D eigenvalue weighted by atomic mass is 10.0. The maximum atomic E-state index is 12.7. The minimum atomic E-state index is -4.42. The Morgan fingerprint density at radius 1 is 1.19 bits per heavy atom. The summed E-state index contributed by atoms with van der Waals surface area (Å²) in [6.45, 7) is 0. The first-order valence-electron chi connectivity index (χ1n) is 6.63. The summed E-state index contributed by atoms with van der Waals surface area (Å²) in [7, 11) is 0. The Balaban J connectivity index is 1.93. The largest absolute Gasteiger partial charge is 0.416 e. The molecule has 0 radical (unpaired) electrons. The quantitative estimate of drug-likeness (QED) is 0.921. The fourth-order valence-corrected chi connectivity index (χ4v) is 2.54. The first-order valence-corrected chi connectivity index (χ1v) is 6.63. The number of nitrogens with zero attached hydrogens (tertiary/aromatic N) is 2. The van der Waals surface area contributed by atoms with E-state index in [1.807, 2.05) is 0 Å². The van der Waals surface area contributed by atoms with Crippen molar-refractivity contribution >= 4 is 0 Å². The van der Waals surface area contributed by atoms with E-state index in [2.05, 4.69) is 10.1 Å². The normalized spacial score (nSPS) is 18.1. The van der Waals surface area contributed by atoms with Crippen molar-refractivity contribution in [1.82, 2.24) is 10.1 Å². The Labute approximate surface area is 118 Å². The van der Waals surface area contributed by atoms with Gasteiger partial charge in [-0.2, -0.15) is 18.2 Å². The Bertz CT molecular complexity index is 646. The van der Waals surface area contributed by atoms with Crippen LogP contribution in [0.4, 0.5) is 13.2 Å². The molecule has 1 saturated carbocycles. The standard InChI is InChI=1S/C14H13F3N2O2/c15-14(16,17)10-5-3-4-9(8-10)11-18-12(21-19-11)13(20)6-1-2-7-13/h3-5,8,20H,1-2,6-7H2. The fraction of sp³-hybridized carbons (Fsp3) is 0.429. The molecule has 21 heavy (non-hydrogen) atoms. The highest BCUT2D eigenvalue weighted by molar-refractivity contribution is 5.55. The van der Waals surface area contributed by atoms with E-state index in [-0.39, 0.29) is 17.3 Å². The molecule has 0 bridgehead atoms. The molecule has 0 unspecified atom stereocenters. The van der Waals surface area contributed by atoms with Gasteiger partial charge in [0.05, 0.1) is 5.56 Å². The zero-order valence-corrected chi connectivity index (χ0v) is 11.0. The molecule has 0 saturated heterocycles. The van der Waals surface area contributed by atoms with Crippen LogP contribution in [0.5, 0.6) is 0 Å². The Morgan fingerprint density at radius 3 is 2.57 bits per heavy atom. The van der Waals surface area contributed by atoms with Gasteiger partial charge in [0.1, 0.15) is 5.60 Å². The summed E-state index contributed by atoms with van der Waals surface area (Å²) in [5, 5.41) is 14.0. The summed E-state index contributed by atoms with van der Waals surface area (Å²) in [5.74, 6) is 0.129. The van der Waals surface area contributed by atoms with E-state index >= 15 is 0 Å². The van der Waals surface area contributed by atoms with Crippen LogP contribution in [0, 0.1) is 0 Å². The number of hydrogen-bond acceptors (Lipinski definition) is 4. The van der Waals surface area contributed by atoms with E-state index in [0.29, 0.717) is 12.8 Å². The van der Waals surface area contributed by atoms with Gasteiger partial charge >= 0.3 is 6.18 Å². The first kappa shape index (κ1) is 14.1. The molecule has 1 aromatic carbocycles. The van der Waals surface area contributed by atoms with Crippen molar-refractivity contribution in [3.63, 3.8) is 0 Å². The van der Waals surface area contributed by atoms with Crippen LogP contribution in [0.15, 0.2) is 28.8 Å². The number of hydrogen-bond donors (Lipinski definition) is 1. The van der Waals surface area contributed by atoms with Crippen molar-refractivity contribution in [2.24, 2.45) is 0 Å². The minimum Gasteiger partial charge on any atom is -0.380 e. The van der Waals surface area contributed by atoms with Crippen LogP contribution in [-0.2, 0) is 11.8 Å². The summed E-state index contributed by atoms with van der Waals surface area (Å²) in [4.78, 5) is 4.06. The second-order valence-corrected chi connectivity index (χ2v) is 5.24. The van der Waals surface area contributed by atoms with Gasteiger partial charge in [-0.15, -0.1) is 0 Å². The van der Waals surface area contributed by atoms with Crippen molar-refractivity contribution in [2.45, 2.75) is 37.5 Å². The molecule has 1 aliphatic rings. The molecular formula is C14H13F3N2O2. The lowest BCUT2D eigenvalue weighted by Crippen LogP contribution is -2.21. The Kier molecular flexibility index (Phi) is 3.24. The molecule has 0 amide bonds. The van der Waals surface area contributed by atoms with Crippen LogP contribution >= 0.6 is 0 Å². The number of aliphatic hydroxyl groups is 1. The van der Waals surface area contributed by atoms with Gasteiger partial charge in [0.25, 0.3) is 5.89 Å². The van der Waals surface area contributed by atoms with Gasteiger partial charge in [0, 0.05) is 5.56 Å². The van der Waals surface area contributed by atoms with Crippen LogP contribution in [0.3, 0.4) is 0 Å². The highest BCUT2D eigenvalue weighted by Gasteiger charge is 2.39. The van der Waals surface area contributed by atoms with Crippen LogP contribution in [0.1, 0.15) is 37.1 Å². The van der Waals surface area contributed by atoms with Crippen LogP contribution in [0.25, 0.3) is 11.4 Å². The molecule has 112 valence electrons. The second kappa shape index (κ2) is 4.84. The molecule has 3 rings (SSSR count). The summed E-state index contributed by atoms with van der Waals surface area (Å²) >= 11 is 0. The summed E-state index contributed by atoms with van der Waals surface area (Å²) in [5.41, 5.74) is -1.71. The van der Waals surface area contributed by atoms with E-state index in [1.54, 1.807) is 0 Å². The predicted molar refractivity (Wildman–Crippen MR) is 67.1 cm³/mol. The molecule has 1 fully saturated rings. The summed E-state index contributed by atoms with van der Waals surface area (Å²) in [6, 6.07) is 4.71. The van der Waals surface area contributed by atoms with Gasteiger partial charge < -0.3 is 9.63 Å². The van der Waals surface area contributed by atoms with Gasteiger partial charge in [-0.05, 0) is 37.8 Å². The Morgan fingerprint density at radius 2 is 1.90 bits per heavy atom. The molecule has 4 nitrogen and oxygen atoms in total. The van der Waals surface area contributed by atoms with Crippen LogP contribution in [-0.4, -0.2) is 15.2 Å². The van der Waals surface area contributed by atoms with E-state index in [4.69, 9.17) is 4.52 Å². The van der Waals surface area contributed by atoms with Gasteiger partial charge in [-0.25, -0.2) is 0 Å². The van der Waals surface area contributed by atoms with E-state index in [0.717, 1.165) is 25.0 Å². The van der Waals surface area contributed by atoms with Crippen molar-refractivity contribution in [3.8, 4) is 11.4 Å². The number of benzene rings is 1. The topological polar surface area (TPSA) is 59.2 Å². The molecular weight excluding hydrogens is 285 g/mol. The monoisotopic (exact) mass is 298 g/mol. The van der Waals surface area contributed by atoms with Crippen LogP contribution in [0.2, 0.25) is 0 Å². The smallest absolute Gasteiger partial charge is 0.380 e. The molecule has 0 atom stereocenters. The molecule has 0 aliphatic heterocycles. The second-order valence-electron chi connectivity index (χ2n) is 5.24. The maximum absolute atomic E-state index is 12.7. The fourth-order valence-electron chi connectivity index (χ4n) is 2.54. The third kappa shape index (κ3) is 2.65. The molecule has 1 aromatic heterocycles. The molecule has 1 aliphatic carbocycles. The van der Waals surface area contributed by atoms with Gasteiger partial charge in [0.15, 0.2) is 0 Å². The average Bonchev–Trinajstić information content (AvgIpc) is 3.07. The van der Waals surface area contributed by atoms with Gasteiger partial charge in [0.2, 0.25) is 5.82 Å².